The summed E-state index contributed by atoms with van der Waals surface area (Å²) in [6, 6.07) is 7.57. The van der Waals surface area contributed by atoms with Gasteiger partial charge in [-0.25, -0.2) is 0 Å². The molecule has 0 spiro atoms. The van der Waals surface area contributed by atoms with E-state index in [4.69, 9.17) is 4.74 Å². The van der Waals surface area contributed by atoms with Gasteiger partial charge in [-0.2, -0.15) is 0 Å². The Bertz CT molecular complexity index is 536. The van der Waals surface area contributed by atoms with Crippen LogP contribution in [0.3, 0.4) is 0 Å². The lowest BCUT2D eigenvalue weighted by Gasteiger charge is -2.19. The quantitative estimate of drug-likeness (QED) is 0.252. The number of ether oxygens (including phenoxy) is 1. The van der Waals surface area contributed by atoms with E-state index in [1.54, 1.807) is 0 Å². The molecule has 0 heterocycles. The number of nitrogens with one attached hydrogen (secondary N) is 2. The highest BCUT2D eigenvalue weighted by molar-refractivity contribution is 14.0. The zero-order valence-corrected chi connectivity index (χ0v) is 19.7. The van der Waals surface area contributed by atoms with Crippen molar-refractivity contribution in [2.45, 2.75) is 46.8 Å². The molecule has 0 aromatic heterocycles. The van der Waals surface area contributed by atoms with Crippen LogP contribution < -0.4 is 15.4 Å². The molecule has 1 atom stereocenters. The molecule has 27 heavy (non-hydrogen) atoms. The number of aliphatic hydroxyl groups excluding tert-OH is 1. The molecular weight excluding hydrogens is 455 g/mol. The molecule has 1 aromatic rings. The van der Waals surface area contributed by atoms with E-state index < -0.39 is 6.10 Å². The van der Waals surface area contributed by atoms with Gasteiger partial charge in [0.05, 0.1) is 18.8 Å². The minimum absolute atomic E-state index is 0. The van der Waals surface area contributed by atoms with Crippen molar-refractivity contribution >= 4 is 29.9 Å². The lowest BCUT2D eigenvalue weighted by Crippen LogP contribution is -2.41. The van der Waals surface area contributed by atoms with Crippen molar-refractivity contribution in [3.05, 3.63) is 29.8 Å². The number of aliphatic hydroxyl groups is 1. The monoisotopic (exact) mass is 492 g/mol. The van der Waals surface area contributed by atoms with Gasteiger partial charge in [0.15, 0.2) is 5.96 Å². The molecule has 0 aliphatic rings. The number of rotatable bonds is 11. The summed E-state index contributed by atoms with van der Waals surface area (Å²) in [7, 11) is 0. The Kier molecular flexibility index (Phi) is 14.3. The van der Waals surface area contributed by atoms with Crippen molar-refractivity contribution in [1.82, 2.24) is 15.5 Å². The molecule has 1 aromatic carbocycles. The molecule has 0 bridgehead atoms. The summed E-state index contributed by atoms with van der Waals surface area (Å²) in [6.45, 7) is 15.3. The largest absolute Gasteiger partial charge is 0.491 e. The Morgan fingerprint density at radius 1 is 1.19 bits per heavy atom. The van der Waals surface area contributed by atoms with Crippen LogP contribution in [0.5, 0.6) is 5.75 Å². The van der Waals surface area contributed by atoms with Crippen molar-refractivity contribution in [2.75, 3.05) is 39.3 Å². The van der Waals surface area contributed by atoms with Crippen LogP contribution in [-0.4, -0.2) is 61.3 Å². The van der Waals surface area contributed by atoms with E-state index in [1.165, 1.54) is 0 Å². The normalized spacial score (nSPS) is 12.7. The highest BCUT2D eigenvalue weighted by Gasteiger charge is 2.09. The zero-order valence-electron chi connectivity index (χ0n) is 17.4. The third kappa shape index (κ3) is 10.8. The van der Waals surface area contributed by atoms with Crippen molar-refractivity contribution < 1.29 is 9.84 Å². The molecule has 6 nitrogen and oxygen atoms in total. The molecule has 3 N–H and O–H groups in total. The standard InChI is InChI=1S/C20H36N4O2.HI/c1-6-21-20(22-12-13-24(7-2)8-3)23-15-19(25)17-10-9-11-18(14-17)26-16(4)5;/h9-11,14,16,19,25H,6-8,12-13,15H2,1-5H3,(H2,21,22,23);1H. The van der Waals surface area contributed by atoms with E-state index in [2.05, 4.69) is 34.4 Å². The topological polar surface area (TPSA) is 69.1 Å². The lowest BCUT2D eigenvalue weighted by molar-refractivity contribution is 0.185. The average molecular weight is 492 g/mol. The van der Waals surface area contributed by atoms with Crippen LogP contribution in [0.4, 0.5) is 0 Å². The van der Waals surface area contributed by atoms with Crippen LogP contribution in [-0.2, 0) is 0 Å². The highest BCUT2D eigenvalue weighted by Crippen LogP contribution is 2.20. The third-order valence-electron chi connectivity index (χ3n) is 4.00. The first-order chi connectivity index (χ1) is 12.5. The minimum atomic E-state index is -0.663. The van der Waals surface area contributed by atoms with Crippen LogP contribution in [0, 0.1) is 0 Å². The molecule has 0 saturated carbocycles. The van der Waals surface area contributed by atoms with E-state index in [0.29, 0.717) is 6.54 Å². The SMILES string of the molecule is CCNC(=NCC(O)c1cccc(OC(C)C)c1)NCCN(CC)CC.I. The number of halogens is 1. The van der Waals surface area contributed by atoms with Crippen LogP contribution in [0.2, 0.25) is 0 Å². The maximum atomic E-state index is 10.5. The molecule has 0 radical (unpaired) electrons. The molecular formula is C20H37IN4O2. The smallest absolute Gasteiger partial charge is 0.191 e. The van der Waals surface area contributed by atoms with Gasteiger partial charge >= 0.3 is 0 Å². The molecule has 0 saturated heterocycles. The second kappa shape index (κ2) is 14.9. The Morgan fingerprint density at radius 2 is 1.89 bits per heavy atom. The van der Waals surface area contributed by atoms with Gasteiger partial charge in [-0.3, -0.25) is 4.99 Å². The van der Waals surface area contributed by atoms with Crippen molar-refractivity contribution in [3.8, 4) is 5.75 Å². The van der Waals surface area contributed by atoms with E-state index in [-0.39, 0.29) is 30.1 Å². The molecule has 156 valence electrons. The predicted octanol–water partition coefficient (Wildman–Crippen LogP) is 3.02. The second-order valence-electron chi connectivity index (χ2n) is 6.43. The predicted molar refractivity (Wildman–Crippen MR) is 124 cm³/mol. The number of nitrogens with zero attached hydrogens (tertiary/aromatic N) is 2. The number of hydrogen-bond acceptors (Lipinski definition) is 4. The van der Waals surface area contributed by atoms with Gasteiger partial charge in [-0.05, 0) is 51.6 Å². The minimum Gasteiger partial charge on any atom is -0.491 e. The van der Waals surface area contributed by atoms with Crippen molar-refractivity contribution in [2.24, 2.45) is 4.99 Å². The summed E-state index contributed by atoms with van der Waals surface area (Å²) < 4.78 is 5.69. The molecule has 0 amide bonds. The maximum absolute atomic E-state index is 10.5. The van der Waals surface area contributed by atoms with Gasteiger partial charge in [-0.15, -0.1) is 24.0 Å². The Labute approximate surface area is 181 Å². The van der Waals surface area contributed by atoms with E-state index in [9.17, 15) is 5.11 Å². The van der Waals surface area contributed by atoms with Gasteiger partial charge in [0.2, 0.25) is 0 Å². The molecule has 0 aliphatic heterocycles. The number of benzene rings is 1. The van der Waals surface area contributed by atoms with Crippen molar-refractivity contribution in [3.63, 3.8) is 0 Å². The Morgan fingerprint density at radius 3 is 2.48 bits per heavy atom. The van der Waals surface area contributed by atoms with Gasteiger partial charge in [0, 0.05) is 19.6 Å². The Balaban J connectivity index is 0.00000676. The van der Waals surface area contributed by atoms with E-state index in [0.717, 1.165) is 50.0 Å². The lowest BCUT2D eigenvalue weighted by atomic mass is 10.1. The van der Waals surface area contributed by atoms with Crippen molar-refractivity contribution in [1.29, 1.82) is 0 Å². The average Bonchev–Trinajstić information content (AvgIpc) is 2.62. The van der Waals surface area contributed by atoms with Gasteiger partial charge in [0.25, 0.3) is 0 Å². The van der Waals surface area contributed by atoms with Gasteiger partial charge < -0.3 is 25.4 Å². The summed E-state index contributed by atoms with van der Waals surface area (Å²) in [5.74, 6) is 1.50. The summed E-state index contributed by atoms with van der Waals surface area (Å²) in [5.41, 5.74) is 0.811. The summed E-state index contributed by atoms with van der Waals surface area (Å²) >= 11 is 0. The fourth-order valence-electron chi connectivity index (χ4n) is 2.56. The number of hydrogen-bond donors (Lipinski definition) is 3. The van der Waals surface area contributed by atoms with E-state index in [1.807, 2.05) is 45.0 Å². The fraction of sp³-hybridized carbons (Fsp3) is 0.650. The summed E-state index contributed by atoms with van der Waals surface area (Å²) in [5, 5.41) is 17.0. The fourth-order valence-corrected chi connectivity index (χ4v) is 2.56. The molecule has 0 aliphatic carbocycles. The number of likely N-dealkylation sites (N-methyl/N-ethyl adjacent to an activating group) is 1. The molecule has 1 unspecified atom stereocenters. The highest BCUT2D eigenvalue weighted by atomic mass is 127. The molecule has 7 heteroatoms. The third-order valence-corrected chi connectivity index (χ3v) is 4.00. The van der Waals surface area contributed by atoms with Gasteiger partial charge in [0.1, 0.15) is 5.75 Å². The maximum Gasteiger partial charge on any atom is 0.191 e. The first-order valence-corrected chi connectivity index (χ1v) is 9.69. The number of aliphatic imine (C=N–C) groups is 1. The molecule has 0 fully saturated rings. The zero-order chi connectivity index (χ0) is 19.4. The van der Waals surface area contributed by atoms with Crippen LogP contribution >= 0.6 is 24.0 Å². The van der Waals surface area contributed by atoms with Crippen LogP contribution in [0.15, 0.2) is 29.3 Å². The first kappa shape index (κ1) is 25.9. The van der Waals surface area contributed by atoms with Gasteiger partial charge in [-0.1, -0.05) is 26.0 Å². The Hall–Kier alpha value is -1.06. The number of guanidine groups is 1. The van der Waals surface area contributed by atoms with E-state index >= 15 is 0 Å². The summed E-state index contributed by atoms with van der Waals surface area (Å²) in [6.07, 6.45) is -0.556. The second-order valence-corrected chi connectivity index (χ2v) is 6.43. The summed E-state index contributed by atoms with van der Waals surface area (Å²) in [4.78, 5) is 6.87. The first-order valence-electron chi connectivity index (χ1n) is 9.69. The molecule has 1 rings (SSSR count). The van der Waals surface area contributed by atoms with Crippen LogP contribution in [0.25, 0.3) is 0 Å². The van der Waals surface area contributed by atoms with Crippen LogP contribution in [0.1, 0.15) is 46.3 Å².